The third kappa shape index (κ3) is 3.70. The van der Waals surface area contributed by atoms with E-state index in [2.05, 4.69) is 0 Å². The molecule has 1 aliphatic heterocycles. The van der Waals surface area contributed by atoms with Gasteiger partial charge in [-0.15, -0.1) is 11.8 Å². The maximum atomic E-state index is 13.0. The van der Waals surface area contributed by atoms with Crippen LogP contribution in [0, 0.1) is 10.1 Å². The van der Waals surface area contributed by atoms with Gasteiger partial charge in [0.25, 0.3) is 11.6 Å². The molecule has 1 heterocycles. The molecule has 0 spiro atoms. The van der Waals surface area contributed by atoms with E-state index in [1.165, 1.54) is 24.3 Å². The van der Waals surface area contributed by atoms with Gasteiger partial charge in [-0.25, -0.2) is 0 Å². The zero-order valence-corrected chi connectivity index (χ0v) is 16.5. The molecule has 8 nitrogen and oxygen atoms in total. The number of thioether (sulfide) groups is 1. The molecule has 1 aliphatic rings. The van der Waals surface area contributed by atoms with E-state index in [9.17, 15) is 14.9 Å². The number of carbonyl (C=O) groups excluding carboxylic acids is 1. The molecule has 0 radical (unpaired) electrons. The van der Waals surface area contributed by atoms with Crippen LogP contribution in [0.1, 0.15) is 21.3 Å². The lowest BCUT2D eigenvalue weighted by atomic mass is 10.1. The number of amides is 1. The van der Waals surface area contributed by atoms with Crippen molar-refractivity contribution < 1.29 is 23.9 Å². The van der Waals surface area contributed by atoms with Crippen LogP contribution in [0.15, 0.2) is 36.4 Å². The Morgan fingerprint density at radius 1 is 1.07 bits per heavy atom. The van der Waals surface area contributed by atoms with Crippen molar-refractivity contribution in [2.75, 3.05) is 33.6 Å². The predicted molar refractivity (Wildman–Crippen MR) is 105 cm³/mol. The molecule has 9 heteroatoms. The maximum Gasteiger partial charge on any atom is 0.269 e. The molecule has 1 amide bonds. The first-order valence-corrected chi connectivity index (χ1v) is 9.52. The average Bonchev–Trinajstić information content (AvgIpc) is 3.21. The molecule has 2 aromatic carbocycles. The van der Waals surface area contributed by atoms with Crippen LogP contribution in [0.5, 0.6) is 17.2 Å². The Labute approximate surface area is 166 Å². The molecule has 0 saturated carbocycles. The van der Waals surface area contributed by atoms with Crippen LogP contribution < -0.4 is 14.2 Å². The largest absolute Gasteiger partial charge is 0.496 e. The molecule has 28 heavy (non-hydrogen) atoms. The summed E-state index contributed by atoms with van der Waals surface area (Å²) < 4.78 is 16.2. The first kappa shape index (κ1) is 19.8. The Balaban J connectivity index is 1.94. The lowest BCUT2D eigenvalue weighted by Crippen LogP contribution is -2.30. The van der Waals surface area contributed by atoms with E-state index in [0.717, 1.165) is 11.3 Å². The van der Waals surface area contributed by atoms with Gasteiger partial charge in [0.05, 0.1) is 26.3 Å². The fourth-order valence-corrected chi connectivity index (χ4v) is 4.34. The van der Waals surface area contributed by atoms with Crippen LogP contribution in [0.4, 0.5) is 5.69 Å². The Kier molecular flexibility index (Phi) is 5.93. The summed E-state index contributed by atoms with van der Waals surface area (Å²) in [5.41, 5.74) is 1.15. The van der Waals surface area contributed by atoms with Crippen molar-refractivity contribution in [3.05, 3.63) is 57.6 Å². The molecule has 0 bridgehead atoms. The molecular formula is C19H20N2O6S. The maximum absolute atomic E-state index is 13.0. The summed E-state index contributed by atoms with van der Waals surface area (Å²) >= 11 is 1.62. The summed E-state index contributed by atoms with van der Waals surface area (Å²) in [5.74, 6) is 2.26. The fraction of sp³-hybridized carbons (Fsp3) is 0.316. The van der Waals surface area contributed by atoms with Crippen LogP contribution in [-0.4, -0.2) is 49.4 Å². The smallest absolute Gasteiger partial charge is 0.269 e. The molecule has 2 aromatic rings. The number of nitrogens with zero attached hydrogens (tertiary/aromatic N) is 2. The zero-order valence-electron chi connectivity index (χ0n) is 15.7. The van der Waals surface area contributed by atoms with Crippen LogP contribution in [0.2, 0.25) is 0 Å². The molecule has 1 fully saturated rings. The number of ether oxygens (including phenoxy) is 3. The Morgan fingerprint density at radius 2 is 1.68 bits per heavy atom. The first-order valence-electron chi connectivity index (χ1n) is 8.47. The molecule has 0 N–H and O–H groups in total. The van der Waals surface area contributed by atoms with Gasteiger partial charge in [0.1, 0.15) is 11.1 Å². The predicted octanol–water partition coefficient (Wildman–Crippen LogP) is 3.51. The van der Waals surface area contributed by atoms with Gasteiger partial charge in [-0.05, 0) is 18.2 Å². The third-order valence-electron chi connectivity index (χ3n) is 4.48. The van der Waals surface area contributed by atoms with Crippen LogP contribution >= 0.6 is 11.8 Å². The van der Waals surface area contributed by atoms with Gasteiger partial charge in [0.2, 0.25) is 0 Å². The monoisotopic (exact) mass is 404 g/mol. The minimum absolute atomic E-state index is 0.0505. The summed E-state index contributed by atoms with van der Waals surface area (Å²) in [5, 5.41) is 10.6. The zero-order chi connectivity index (χ0) is 20.3. The quantitative estimate of drug-likeness (QED) is 0.537. The average molecular weight is 404 g/mol. The molecule has 1 saturated heterocycles. The highest BCUT2D eigenvalue weighted by atomic mass is 32.2. The molecular weight excluding hydrogens is 384 g/mol. The highest BCUT2D eigenvalue weighted by molar-refractivity contribution is 7.99. The first-order chi connectivity index (χ1) is 13.5. The van der Waals surface area contributed by atoms with Crippen molar-refractivity contribution in [3.8, 4) is 17.2 Å². The second-order valence-electron chi connectivity index (χ2n) is 5.97. The summed E-state index contributed by atoms with van der Waals surface area (Å²) in [7, 11) is 4.66. The normalized spacial score (nSPS) is 16.0. The van der Waals surface area contributed by atoms with Gasteiger partial charge in [-0.3, -0.25) is 14.9 Å². The number of benzene rings is 2. The SMILES string of the molecule is COc1cc(OC)c([C@H]2SCCN2C(=O)c2ccc([N+](=O)[O-])cc2)cc1OC. The van der Waals surface area contributed by atoms with Crippen molar-refractivity contribution in [1.29, 1.82) is 0 Å². The fourth-order valence-electron chi connectivity index (χ4n) is 3.07. The van der Waals surface area contributed by atoms with Gasteiger partial charge in [0, 0.05) is 41.6 Å². The number of carbonyl (C=O) groups is 1. The van der Waals surface area contributed by atoms with E-state index >= 15 is 0 Å². The summed E-state index contributed by atoms with van der Waals surface area (Å²) in [4.78, 5) is 25.1. The van der Waals surface area contributed by atoms with Gasteiger partial charge < -0.3 is 19.1 Å². The van der Waals surface area contributed by atoms with Crippen molar-refractivity contribution in [2.45, 2.75) is 5.37 Å². The molecule has 0 aliphatic carbocycles. The molecule has 1 atom stereocenters. The highest BCUT2D eigenvalue weighted by Gasteiger charge is 2.34. The number of methoxy groups -OCH3 is 3. The lowest BCUT2D eigenvalue weighted by molar-refractivity contribution is -0.384. The summed E-state index contributed by atoms with van der Waals surface area (Å²) in [6.07, 6.45) is 0. The molecule has 3 rings (SSSR count). The van der Waals surface area contributed by atoms with Crippen LogP contribution in [0.3, 0.4) is 0 Å². The topological polar surface area (TPSA) is 91.1 Å². The van der Waals surface area contributed by atoms with E-state index in [0.29, 0.717) is 29.4 Å². The van der Waals surface area contributed by atoms with Crippen molar-refractivity contribution in [3.63, 3.8) is 0 Å². The van der Waals surface area contributed by atoms with E-state index in [4.69, 9.17) is 14.2 Å². The van der Waals surface area contributed by atoms with Crippen molar-refractivity contribution in [2.24, 2.45) is 0 Å². The van der Waals surface area contributed by atoms with Crippen molar-refractivity contribution >= 4 is 23.4 Å². The van der Waals surface area contributed by atoms with Gasteiger partial charge in [-0.1, -0.05) is 0 Å². The molecule has 0 unspecified atom stereocenters. The van der Waals surface area contributed by atoms with E-state index in [-0.39, 0.29) is 17.0 Å². The number of nitro benzene ring substituents is 1. The van der Waals surface area contributed by atoms with Gasteiger partial charge >= 0.3 is 0 Å². The van der Waals surface area contributed by atoms with Crippen LogP contribution in [0.25, 0.3) is 0 Å². The Bertz CT molecular complexity index is 887. The Morgan fingerprint density at radius 3 is 2.25 bits per heavy atom. The second kappa shape index (κ2) is 8.39. The third-order valence-corrected chi connectivity index (χ3v) is 5.72. The van der Waals surface area contributed by atoms with E-state index in [1.54, 1.807) is 44.1 Å². The Hall–Kier alpha value is -2.94. The highest BCUT2D eigenvalue weighted by Crippen LogP contribution is 2.46. The van der Waals surface area contributed by atoms with Crippen LogP contribution in [-0.2, 0) is 0 Å². The van der Waals surface area contributed by atoms with Gasteiger partial charge in [-0.2, -0.15) is 0 Å². The number of rotatable bonds is 6. The second-order valence-corrected chi connectivity index (χ2v) is 7.16. The summed E-state index contributed by atoms with van der Waals surface area (Å²) in [6, 6.07) is 9.18. The number of nitro groups is 1. The molecule has 148 valence electrons. The number of hydrogen-bond acceptors (Lipinski definition) is 7. The number of hydrogen-bond donors (Lipinski definition) is 0. The van der Waals surface area contributed by atoms with E-state index in [1.807, 2.05) is 6.07 Å². The van der Waals surface area contributed by atoms with Crippen molar-refractivity contribution in [1.82, 2.24) is 4.90 Å². The standard InChI is InChI=1S/C19H20N2O6S/c1-25-15-11-17(27-3)16(26-2)10-14(15)19-20(8-9-28-19)18(22)12-4-6-13(7-5-12)21(23)24/h4-7,10-11,19H,8-9H2,1-3H3/t19-/m1/s1. The lowest BCUT2D eigenvalue weighted by Gasteiger charge is -2.26. The minimum atomic E-state index is -0.489. The van der Waals surface area contributed by atoms with Gasteiger partial charge in [0.15, 0.2) is 11.5 Å². The minimum Gasteiger partial charge on any atom is -0.496 e. The number of non-ortho nitro benzene ring substituents is 1. The van der Waals surface area contributed by atoms with E-state index < -0.39 is 4.92 Å². The summed E-state index contributed by atoms with van der Waals surface area (Å²) in [6.45, 7) is 0.558. The molecule has 0 aromatic heterocycles.